The molecule has 4 heteroatoms. The first kappa shape index (κ1) is 10.9. The maximum atomic E-state index is 11.5. The van der Waals surface area contributed by atoms with E-state index in [0.717, 1.165) is 18.8 Å². The van der Waals surface area contributed by atoms with Crippen LogP contribution in [0.15, 0.2) is 0 Å². The van der Waals surface area contributed by atoms with Crippen molar-refractivity contribution in [2.45, 2.75) is 19.3 Å². The molecule has 0 aromatic carbocycles. The van der Waals surface area contributed by atoms with Gasteiger partial charge >= 0.3 is 0 Å². The maximum Gasteiger partial charge on any atom is 0.232 e. The number of amides is 1. The Labute approximate surface area is 84.0 Å². The van der Waals surface area contributed by atoms with E-state index in [9.17, 15) is 4.79 Å². The van der Waals surface area contributed by atoms with Gasteiger partial charge in [-0.25, -0.2) is 0 Å². The minimum atomic E-state index is 0.290. The van der Waals surface area contributed by atoms with Crippen LogP contribution in [-0.4, -0.2) is 41.9 Å². The minimum Gasteiger partial charge on any atom is -0.342 e. The highest BCUT2D eigenvalue weighted by atomic mass is 32.2. The second-order valence-corrected chi connectivity index (χ2v) is 4.39. The van der Waals surface area contributed by atoms with Crippen LogP contribution in [0.2, 0.25) is 0 Å². The first-order valence-corrected chi connectivity index (χ1v) is 6.05. The largest absolute Gasteiger partial charge is 0.342 e. The van der Waals surface area contributed by atoms with E-state index in [-0.39, 0.29) is 5.91 Å². The Hall–Kier alpha value is -0.220. The van der Waals surface area contributed by atoms with Crippen molar-refractivity contribution in [3.63, 3.8) is 0 Å². The van der Waals surface area contributed by atoms with Gasteiger partial charge in [-0.1, -0.05) is 0 Å². The number of nitrogens with zero attached hydrogens (tertiary/aromatic N) is 1. The van der Waals surface area contributed by atoms with Gasteiger partial charge in [0.2, 0.25) is 5.91 Å². The van der Waals surface area contributed by atoms with E-state index in [1.165, 1.54) is 19.3 Å². The number of hydrogen-bond acceptors (Lipinski definition) is 3. The number of likely N-dealkylation sites (tertiary alicyclic amines) is 1. The Balaban J connectivity index is 2.13. The number of piperidine rings is 1. The van der Waals surface area contributed by atoms with E-state index in [2.05, 4.69) is 0 Å². The molecule has 0 saturated carbocycles. The Bertz CT molecular complexity index is 158. The quantitative estimate of drug-likeness (QED) is 0.682. The Morgan fingerprint density at radius 2 is 2.00 bits per heavy atom. The summed E-state index contributed by atoms with van der Waals surface area (Å²) in [6.45, 7) is 2.59. The van der Waals surface area contributed by atoms with Crippen LogP contribution >= 0.6 is 11.8 Å². The molecule has 1 aliphatic rings. The lowest BCUT2D eigenvalue weighted by Gasteiger charge is -2.26. The van der Waals surface area contributed by atoms with Crippen molar-refractivity contribution in [3.8, 4) is 0 Å². The van der Waals surface area contributed by atoms with Gasteiger partial charge < -0.3 is 10.6 Å². The molecule has 13 heavy (non-hydrogen) atoms. The standard InChI is InChI=1S/C9H18N2OS/c10-4-7-13-8-9(12)11-5-2-1-3-6-11/h1-8,10H2. The number of hydrogen-bond donors (Lipinski definition) is 1. The van der Waals surface area contributed by atoms with E-state index >= 15 is 0 Å². The van der Waals surface area contributed by atoms with Gasteiger partial charge in [-0.15, -0.1) is 0 Å². The molecule has 1 aliphatic heterocycles. The number of nitrogens with two attached hydrogens (primary N) is 1. The fourth-order valence-electron chi connectivity index (χ4n) is 1.48. The molecule has 2 N–H and O–H groups in total. The molecule has 0 atom stereocenters. The normalized spacial score (nSPS) is 17.5. The van der Waals surface area contributed by atoms with Crippen molar-refractivity contribution in [1.29, 1.82) is 0 Å². The first-order chi connectivity index (χ1) is 6.34. The van der Waals surface area contributed by atoms with Crippen molar-refractivity contribution in [2.24, 2.45) is 5.73 Å². The fraction of sp³-hybridized carbons (Fsp3) is 0.889. The number of rotatable bonds is 4. The van der Waals surface area contributed by atoms with E-state index < -0.39 is 0 Å². The van der Waals surface area contributed by atoms with Crippen LogP contribution in [-0.2, 0) is 4.79 Å². The molecule has 0 aliphatic carbocycles. The van der Waals surface area contributed by atoms with Crippen molar-refractivity contribution >= 4 is 17.7 Å². The highest BCUT2D eigenvalue weighted by Crippen LogP contribution is 2.10. The summed E-state index contributed by atoms with van der Waals surface area (Å²) in [6.07, 6.45) is 3.63. The van der Waals surface area contributed by atoms with Crippen molar-refractivity contribution < 1.29 is 4.79 Å². The van der Waals surface area contributed by atoms with Gasteiger partial charge in [-0.05, 0) is 19.3 Å². The Morgan fingerprint density at radius 3 is 2.62 bits per heavy atom. The summed E-state index contributed by atoms with van der Waals surface area (Å²) >= 11 is 1.64. The van der Waals surface area contributed by atoms with Crippen molar-refractivity contribution in [1.82, 2.24) is 4.90 Å². The second-order valence-electron chi connectivity index (χ2n) is 3.28. The van der Waals surface area contributed by atoms with Crippen LogP contribution in [0.4, 0.5) is 0 Å². The molecule has 0 aromatic rings. The zero-order chi connectivity index (χ0) is 9.52. The third-order valence-electron chi connectivity index (χ3n) is 2.20. The minimum absolute atomic E-state index is 0.290. The van der Waals surface area contributed by atoms with Gasteiger partial charge in [0.1, 0.15) is 0 Å². The first-order valence-electron chi connectivity index (χ1n) is 4.90. The molecule has 3 nitrogen and oxygen atoms in total. The lowest BCUT2D eigenvalue weighted by Crippen LogP contribution is -2.36. The molecule has 76 valence electrons. The molecule has 0 radical (unpaired) electrons. The zero-order valence-corrected chi connectivity index (χ0v) is 8.81. The van der Waals surface area contributed by atoms with Gasteiger partial charge in [0.05, 0.1) is 5.75 Å². The molecule has 0 bridgehead atoms. The van der Waals surface area contributed by atoms with Crippen LogP contribution in [0, 0.1) is 0 Å². The topological polar surface area (TPSA) is 46.3 Å². The highest BCUT2D eigenvalue weighted by molar-refractivity contribution is 7.99. The summed E-state index contributed by atoms with van der Waals surface area (Å²) in [7, 11) is 0. The van der Waals surface area contributed by atoms with Crippen molar-refractivity contribution in [3.05, 3.63) is 0 Å². The van der Waals surface area contributed by atoms with Gasteiger partial charge in [-0.2, -0.15) is 11.8 Å². The molecule has 1 heterocycles. The van der Waals surface area contributed by atoms with Gasteiger partial charge in [0, 0.05) is 25.4 Å². The second kappa shape index (κ2) is 6.27. The molecule has 1 saturated heterocycles. The molecule has 1 fully saturated rings. The lowest BCUT2D eigenvalue weighted by molar-refractivity contribution is -0.129. The number of thioether (sulfide) groups is 1. The van der Waals surface area contributed by atoms with Crippen LogP contribution in [0.1, 0.15) is 19.3 Å². The third kappa shape index (κ3) is 4.00. The molecular weight excluding hydrogens is 184 g/mol. The van der Waals surface area contributed by atoms with E-state index in [4.69, 9.17) is 5.73 Å². The Kier molecular flexibility index (Phi) is 5.23. The fourth-order valence-corrected chi connectivity index (χ4v) is 2.15. The molecule has 0 unspecified atom stereocenters. The van der Waals surface area contributed by atoms with Gasteiger partial charge in [0.15, 0.2) is 0 Å². The average Bonchev–Trinajstić information content (AvgIpc) is 2.19. The predicted molar refractivity (Wildman–Crippen MR) is 56.8 cm³/mol. The molecular formula is C9H18N2OS. The summed E-state index contributed by atoms with van der Waals surface area (Å²) < 4.78 is 0. The lowest BCUT2D eigenvalue weighted by atomic mass is 10.1. The van der Waals surface area contributed by atoms with E-state index in [0.29, 0.717) is 12.3 Å². The predicted octanol–water partition coefficient (Wildman–Crippen LogP) is 0.691. The molecule has 0 spiro atoms. The van der Waals surface area contributed by atoms with E-state index in [1.54, 1.807) is 11.8 Å². The SMILES string of the molecule is NCCSCC(=O)N1CCCCC1. The molecule has 1 rings (SSSR count). The monoisotopic (exact) mass is 202 g/mol. The van der Waals surface area contributed by atoms with Crippen LogP contribution in [0.25, 0.3) is 0 Å². The van der Waals surface area contributed by atoms with Crippen LogP contribution in [0.3, 0.4) is 0 Å². The summed E-state index contributed by atoms with van der Waals surface area (Å²) in [5, 5.41) is 0. The number of carbonyl (C=O) groups is 1. The van der Waals surface area contributed by atoms with Gasteiger partial charge in [-0.3, -0.25) is 4.79 Å². The van der Waals surface area contributed by atoms with Crippen LogP contribution < -0.4 is 5.73 Å². The maximum absolute atomic E-state index is 11.5. The summed E-state index contributed by atoms with van der Waals surface area (Å²) in [5.41, 5.74) is 5.35. The Morgan fingerprint density at radius 1 is 1.31 bits per heavy atom. The summed E-state index contributed by atoms with van der Waals surface area (Å²) in [4.78, 5) is 13.5. The smallest absolute Gasteiger partial charge is 0.232 e. The van der Waals surface area contributed by atoms with Crippen molar-refractivity contribution in [2.75, 3.05) is 31.1 Å². The molecule has 0 aromatic heterocycles. The van der Waals surface area contributed by atoms with E-state index in [1.807, 2.05) is 4.90 Å². The summed E-state index contributed by atoms with van der Waals surface area (Å²) in [5.74, 6) is 1.79. The molecule has 1 amide bonds. The summed E-state index contributed by atoms with van der Waals surface area (Å²) in [6, 6.07) is 0. The highest BCUT2D eigenvalue weighted by Gasteiger charge is 2.15. The number of carbonyl (C=O) groups excluding carboxylic acids is 1. The average molecular weight is 202 g/mol. The third-order valence-corrected chi connectivity index (χ3v) is 3.17. The van der Waals surface area contributed by atoms with Gasteiger partial charge in [0.25, 0.3) is 0 Å². The zero-order valence-electron chi connectivity index (χ0n) is 8.00. The van der Waals surface area contributed by atoms with Crippen LogP contribution in [0.5, 0.6) is 0 Å².